The van der Waals surface area contributed by atoms with Crippen LogP contribution in [0.1, 0.15) is 40.8 Å². The van der Waals surface area contributed by atoms with Gasteiger partial charge in [-0.2, -0.15) is 5.10 Å². The molecule has 164 valence electrons. The van der Waals surface area contributed by atoms with Gasteiger partial charge in [0.1, 0.15) is 0 Å². The number of para-hydroxylation sites is 1. The second kappa shape index (κ2) is 9.73. The highest BCUT2D eigenvalue weighted by Crippen LogP contribution is 2.19. The van der Waals surface area contributed by atoms with Gasteiger partial charge in [0.05, 0.1) is 12.1 Å². The standard InChI is InChI=1S/C24H32N6O/c1-7-29(22-11-9-8-10-16(22)2)13-12-25-23(31)15-21-19(5)28-30(20(21)6)24-26-17(3)14-18(4)27-24/h8-11,14H,7,12-13,15H2,1-6H3,(H,25,31). The van der Waals surface area contributed by atoms with Gasteiger partial charge in [0.25, 0.3) is 5.95 Å². The molecule has 0 radical (unpaired) electrons. The Hall–Kier alpha value is -3.22. The van der Waals surface area contributed by atoms with Gasteiger partial charge in [-0.25, -0.2) is 14.6 Å². The van der Waals surface area contributed by atoms with E-state index >= 15 is 0 Å². The van der Waals surface area contributed by atoms with Crippen LogP contribution in [0.4, 0.5) is 5.69 Å². The highest BCUT2D eigenvalue weighted by atomic mass is 16.1. The summed E-state index contributed by atoms with van der Waals surface area (Å²) in [6.45, 7) is 14.2. The van der Waals surface area contributed by atoms with Gasteiger partial charge in [0.15, 0.2) is 0 Å². The van der Waals surface area contributed by atoms with Crippen LogP contribution in [0.5, 0.6) is 0 Å². The van der Waals surface area contributed by atoms with Crippen molar-refractivity contribution < 1.29 is 4.79 Å². The van der Waals surface area contributed by atoms with Gasteiger partial charge in [0, 0.05) is 48.0 Å². The first kappa shape index (κ1) is 22.5. The van der Waals surface area contributed by atoms with Crippen molar-refractivity contribution >= 4 is 11.6 Å². The Morgan fingerprint density at radius 1 is 1.06 bits per heavy atom. The first-order valence-electron chi connectivity index (χ1n) is 10.7. The van der Waals surface area contributed by atoms with E-state index < -0.39 is 0 Å². The molecule has 1 aromatic carbocycles. The second-order valence-corrected chi connectivity index (χ2v) is 7.90. The number of carbonyl (C=O) groups is 1. The van der Waals surface area contributed by atoms with Crippen molar-refractivity contribution in [2.75, 3.05) is 24.5 Å². The maximum absolute atomic E-state index is 12.6. The fourth-order valence-corrected chi connectivity index (χ4v) is 3.85. The van der Waals surface area contributed by atoms with Crippen LogP contribution < -0.4 is 10.2 Å². The Morgan fingerprint density at radius 2 is 1.74 bits per heavy atom. The second-order valence-electron chi connectivity index (χ2n) is 7.90. The molecule has 0 spiro atoms. The molecule has 0 saturated heterocycles. The minimum Gasteiger partial charge on any atom is -0.370 e. The number of nitrogens with one attached hydrogen (secondary N) is 1. The lowest BCUT2D eigenvalue weighted by atomic mass is 10.1. The van der Waals surface area contributed by atoms with Crippen molar-refractivity contribution in [3.05, 3.63) is 64.2 Å². The molecule has 0 bridgehead atoms. The Kier molecular flexibility index (Phi) is 7.05. The summed E-state index contributed by atoms with van der Waals surface area (Å²) >= 11 is 0. The number of carbonyl (C=O) groups excluding carboxylic acids is 1. The summed E-state index contributed by atoms with van der Waals surface area (Å²) in [6.07, 6.45) is 0.291. The predicted octanol–water partition coefficient (Wildman–Crippen LogP) is 3.39. The zero-order chi connectivity index (χ0) is 22.5. The molecular formula is C24H32N6O. The summed E-state index contributed by atoms with van der Waals surface area (Å²) in [7, 11) is 0. The molecule has 0 aliphatic rings. The molecule has 0 fully saturated rings. The minimum atomic E-state index is -0.00655. The number of aromatic nitrogens is 4. The Balaban J connectivity index is 1.64. The number of benzene rings is 1. The number of nitrogens with zero attached hydrogens (tertiary/aromatic N) is 5. The molecule has 0 aliphatic heterocycles. The lowest BCUT2D eigenvalue weighted by molar-refractivity contribution is -0.120. The zero-order valence-corrected chi connectivity index (χ0v) is 19.4. The zero-order valence-electron chi connectivity index (χ0n) is 19.4. The van der Waals surface area contributed by atoms with E-state index in [0.717, 1.165) is 41.4 Å². The molecule has 31 heavy (non-hydrogen) atoms. The summed E-state index contributed by atoms with van der Waals surface area (Å²) in [5.74, 6) is 0.537. The molecule has 3 rings (SSSR count). The molecule has 0 unspecified atom stereocenters. The lowest BCUT2D eigenvalue weighted by Gasteiger charge is -2.25. The molecule has 2 heterocycles. The third kappa shape index (κ3) is 5.29. The van der Waals surface area contributed by atoms with Gasteiger partial charge in [0.2, 0.25) is 5.91 Å². The smallest absolute Gasteiger partial charge is 0.251 e. The maximum Gasteiger partial charge on any atom is 0.251 e. The number of anilines is 1. The molecule has 2 aromatic heterocycles. The highest BCUT2D eigenvalue weighted by molar-refractivity contribution is 5.79. The summed E-state index contributed by atoms with van der Waals surface area (Å²) in [5.41, 5.74) is 6.88. The summed E-state index contributed by atoms with van der Waals surface area (Å²) in [5, 5.41) is 7.65. The van der Waals surface area contributed by atoms with E-state index in [4.69, 9.17) is 0 Å². The van der Waals surface area contributed by atoms with Crippen LogP contribution in [0.2, 0.25) is 0 Å². The van der Waals surface area contributed by atoms with E-state index in [-0.39, 0.29) is 5.91 Å². The van der Waals surface area contributed by atoms with E-state index in [2.05, 4.69) is 51.3 Å². The quantitative estimate of drug-likeness (QED) is 0.605. The van der Waals surface area contributed by atoms with E-state index in [1.54, 1.807) is 4.68 Å². The van der Waals surface area contributed by atoms with Crippen LogP contribution in [-0.4, -0.2) is 45.3 Å². The lowest BCUT2D eigenvalue weighted by Crippen LogP contribution is -2.36. The van der Waals surface area contributed by atoms with Gasteiger partial charge in [-0.1, -0.05) is 18.2 Å². The van der Waals surface area contributed by atoms with E-state index in [0.29, 0.717) is 18.9 Å². The fraction of sp³-hybridized carbons (Fsp3) is 0.417. The third-order valence-corrected chi connectivity index (χ3v) is 5.48. The third-order valence-electron chi connectivity index (χ3n) is 5.48. The average Bonchev–Trinajstić information content (AvgIpc) is 2.99. The van der Waals surface area contributed by atoms with Gasteiger partial charge in [-0.3, -0.25) is 4.79 Å². The van der Waals surface area contributed by atoms with Gasteiger partial charge >= 0.3 is 0 Å². The number of rotatable bonds is 8. The van der Waals surface area contributed by atoms with Gasteiger partial charge < -0.3 is 10.2 Å². The summed E-state index contributed by atoms with van der Waals surface area (Å²) in [6, 6.07) is 10.3. The SMILES string of the molecule is CCN(CCNC(=O)Cc1c(C)nn(-c2nc(C)cc(C)n2)c1C)c1ccccc1C. The molecule has 7 nitrogen and oxygen atoms in total. The summed E-state index contributed by atoms with van der Waals surface area (Å²) in [4.78, 5) is 23.9. The average molecular weight is 421 g/mol. The van der Waals surface area contributed by atoms with Crippen LogP contribution >= 0.6 is 0 Å². The maximum atomic E-state index is 12.6. The van der Waals surface area contributed by atoms with Crippen LogP contribution in [-0.2, 0) is 11.2 Å². The molecule has 1 amide bonds. The first-order chi connectivity index (χ1) is 14.8. The van der Waals surface area contributed by atoms with E-state index in [1.165, 1.54) is 11.3 Å². The molecule has 7 heteroatoms. The Bertz CT molecular complexity index is 1050. The van der Waals surface area contributed by atoms with Crippen molar-refractivity contribution in [3.63, 3.8) is 0 Å². The molecular weight excluding hydrogens is 388 g/mol. The first-order valence-corrected chi connectivity index (χ1v) is 10.7. The number of amides is 1. The summed E-state index contributed by atoms with van der Waals surface area (Å²) < 4.78 is 1.73. The predicted molar refractivity (Wildman–Crippen MR) is 124 cm³/mol. The number of aryl methyl sites for hydroxylation is 4. The van der Waals surface area contributed by atoms with Gasteiger partial charge in [-0.15, -0.1) is 0 Å². The number of hydrogen-bond acceptors (Lipinski definition) is 5. The van der Waals surface area contributed by atoms with Gasteiger partial charge in [-0.05, 0) is 59.2 Å². The largest absolute Gasteiger partial charge is 0.370 e. The van der Waals surface area contributed by atoms with Crippen molar-refractivity contribution in [2.24, 2.45) is 0 Å². The topological polar surface area (TPSA) is 75.9 Å². The van der Waals surface area contributed by atoms with Crippen molar-refractivity contribution in [2.45, 2.75) is 48.0 Å². The number of hydrogen-bond donors (Lipinski definition) is 1. The fourth-order valence-electron chi connectivity index (χ4n) is 3.85. The van der Waals surface area contributed by atoms with Crippen molar-refractivity contribution in [1.29, 1.82) is 0 Å². The van der Waals surface area contributed by atoms with Crippen LogP contribution in [0, 0.1) is 34.6 Å². The van der Waals surface area contributed by atoms with E-state index in [9.17, 15) is 4.79 Å². The molecule has 3 aromatic rings. The molecule has 1 N–H and O–H groups in total. The van der Waals surface area contributed by atoms with E-state index in [1.807, 2.05) is 45.9 Å². The monoisotopic (exact) mass is 420 g/mol. The van der Waals surface area contributed by atoms with Crippen molar-refractivity contribution in [3.8, 4) is 5.95 Å². The van der Waals surface area contributed by atoms with Crippen LogP contribution in [0.15, 0.2) is 30.3 Å². The van der Waals surface area contributed by atoms with Crippen LogP contribution in [0.25, 0.3) is 5.95 Å². The van der Waals surface area contributed by atoms with Crippen LogP contribution in [0.3, 0.4) is 0 Å². The molecule has 0 atom stereocenters. The molecule has 0 saturated carbocycles. The minimum absolute atomic E-state index is 0.00655. The number of likely N-dealkylation sites (N-methyl/N-ethyl adjacent to an activating group) is 1. The normalized spacial score (nSPS) is 10.9. The van der Waals surface area contributed by atoms with Crippen molar-refractivity contribution in [1.82, 2.24) is 25.1 Å². The molecule has 0 aliphatic carbocycles. The highest BCUT2D eigenvalue weighted by Gasteiger charge is 2.18. The Morgan fingerprint density at radius 3 is 2.39 bits per heavy atom. The Labute approximate surface area is 184 Å².